The molecular weight excluding hydrogens is 246 g/mol. The predicted molar refractivity (Wildman–Crippen MR) is 68.9 cm³/mol. The highest BCUT2D eigenvalue weighted by Gasteiger charge is 2.36. The van der Waals surface area contributed by atoms with Crippen LogP contribution in [0.1, 0.15) is 19.8 Å². The van der Waals surface area contributed by atoms with Gasteiger partial charge in [0.15, 0.2) is 6.10 Å². The lowest BCUT2D eigenvalue weighted by atomic mass is 10.2. The van der Waals surface area contributed by atoms with Crippen LogP contribution in [0.5, 0.6) is 5.75 Å². The highest BCUT2D eigenvalue weighted by molar-refractivity contribution is 5.86. The maximum absolute atomic E-state index is 12.2. The summed E-state index contributed by atoms with van der Waals surface area (Å²) in [6.45, 7) is 2.13. The van der Waals surface area contributed by atoms with E-state index in [0.29, 0.717) is 18.7 Å². The SMILES string of the molecule is CC(Oc1ccccc1)C(=O)N1CCCC1C(=O)O. The molecule has 2 atom stereocenters. The van der Waals surface area contributed by atoms with Crippen LogP contribution >= 0.6 is 0 Å². The molecule has 1 aliphatic rings. The summed E-state index contributed by atoms with van der Waals surface area (Å²) in [5.74, 6) is -0.610. The van der Waals surface area contributed by atoms with E-state index in [-0.39, 0.29) is 5.91 Å². The van der Waals surface area contributed by atoms with Gasteiger partial charge in [0, 0.05) is 6.54 Å². The molecule has 1 fully saturated rings. The smallest absolute Gasteiger partial charge is 0.326 e. The van der Waals surface area contributed by atoms with Gasteiger partial charge in [-0.25, -0.2) is 4.79 Å². The number of aliphatic carboxylic acids is 1. The Hall–Kier alpha value is -2.04. The Bertz CT molecular complexity index is 460. The summed E-state index contributed by atoms with van der Waals surface area (Å²) in [5, 5.41) is 9.07. The van der Waals surface area contributed by atoms with Crippen LogP contribution in [0, 0.1) is 0 Å². The first kappa shape index (κ1) is 13.4. The molecule has 5 heteroatoms. The first-order valence-electron chi connectivity index (χ1n) is 6.34. The first-order valence-corrected chi connectivity index (χ1v) is 6.34. The number of para-hydroxylation sites is 1. The van der Waals surface area contributed by atoms with Crippen LogP contribution in [0.15, 0.2) is 30.3 Å². The van der Waals surface area contributed by atoms with E-state index in [2.05, 4.69) is 0 Å². The number of hydrogen-bond acceptors (Lipinski definition) is 3. The van der Waals surface area contributed by atoms with Gasteiger partial charge in [-0.15, -0.1) is 0 Å². The molecule has 102 valence electrons. The molecule has 1 heterocycles. The van der Waals surface area contributed by atoms with Crippen LogP contribution in [-0.4, -0.2) is 40.6 Å². The summed E-state index contributed by atoms with van der Waals surface area (Å²) < 4.78 is 5.53. The lowest BCUT2D eigenvalue weighted by Crippen LogP contribution is -2.46. The second kappa shape index (κ2) is 5.73. The highest BCUT2D eigenvalue weighted by Crippen LogP contribution is 2.20. The van der Waals surface area contributed by atoms with Crippen LogP contribution in [-0.2, 0) is 9.59 Å². The quantitative estimate of drug-likeness (QED) is 0.894. The lowest BCUT2D eigenvalue weighted by Gasteiger charge is -2.25. The largest absolute Gasteiger partial charge is 0.481 e. The van der Waals surface area contributed by atoms with Crippen LogP contribution in [0.2, 0.25) is 0 Å². The number of carboxylic acid groups (broad SMARTS) is 1. The Morgan fingerprint density at radius 2 is 2.05 bits per heavy atom. The molecule has 2 unspecified atom stereocenters. The van der Waals surface area contributed by atoms with Crippen molar-refractivity contribution in [1.29, 1.82) is 0 Å². The van der Waals surface area contributed by atoms with Crippen molar-refractivity contribution >= 4 is 11.9 Å². The maximum Gasteiger partial charge on any atom is 0.326 e. The minimum absolute atomic E-state index is 0.270. The average molecular weight is 263 g/mol. The monoisotopic (exact) mass is 263 g/mol. The average Bonchev–Trinajstić information content (AvgIpc) is 2.88. The Balaban J connectivity index is 2.01. The summed E-state index contributed by atoms with van der Waals surface area (Å²) in [6.07, 6.45) is 0.558. The third-order valence-electron chi connectivity index (χ3n) is 3.22. The molecule has 0 saturated carbocycles. The Morgan fingerprint density at radius 3 is 2.68 bits per heavy atom. The standard InChI is InChI=1S/C14H17NO4/c1-10(19-11-6-3-2-4-7-11)13(16)15-9-5-8-12(15)14(17)18/h2-4,6-7,10,12H,5,8-9H2,1H3,(H,17,18). The fourth-order valence-electron chi connectivity index (χ4n) is 2.27. The van der Waals surface area contributed by atoms with E-state index in [9.17, 15) is 9.59 Å². The van der Waals surface area contributed by atoms with Gasteiger partial charge in [-0.2, -0.15) is 0 Å². The number of hydrogen-bond donors (Lipinski definition) is 1. The molecule has 1 aromatic rings. The second-order valence-electron chi connectivity index (χ2n) is 4.60. The highest BCUT2D eigenvalue weighted by atomic mass is 16.5. The number of benzene rings is 1. The van der Waals surface area contributed by atoms with Crippen molar-refractivity contribution in [3.63, 3.8) is 0 Å². The van der Waals surface area contributed by atoms with E-state index in [1.165, 1.54) is 4.90 Å². The molecule has 0 spiro atoms. The third-order valence-corrected chi connectivity index (χ3v) is 3.22. The summed E-state index contributed by atoms with van der Waals surface area (Å²) in [6, 6.07) is 8.32. The van der Waals surface area contributed by atoms with E-state index in [0.717, 1.165) is 6.42 Å². The van der Waals surface area contributed by atoms with Crippen molar-refractivity contribution in [3.8, 4) is 5.75 Å². The molecule has 1 saturated heterocycles. The van der Waals surface area contributed by atoms with Gasteiger partial charge in [0.2, 0.25) is 0 Å². The zero-order valence-corrected chi connectivity index (χ0v) is 10.8. The van der Waals surface area contributed by atoms with Crippen molar-refractivity contribution in [1.82, 2.24) is 4.90 Å². The van der Waals surface area contributed by atoms with Crippen molar-refractivity contribution in [3.05, 3.63) is 30.3 Å². The molecule has 19 heavy (non-hydrogen) atoms. The maximum atomic E-state index is 12.2. The third kappa shape index (κ3) is 3.05. The summed E-state index contributed by atoms with van der Waals surface area (Å²) in [5.41, 5.74) is 0. The number of rotatable bonds is 4. The lowest BCUT2D eigenvalue weighted by molar-refractivity contribution is -0.150. The van der Waals surface area contributed by atoms with Gasteiger partial charge < -0.3 is 14.7 Å². The van der Waals surface area contributed by atoms with E-state index in [1.54, 1.807) is 19.1 Å². The van der Waals surface area contributed by atoms with Crippen molar-refractivity contribution in [2.75, 3.05) is 6.54 Å². The van der Waals surface area contributed by atoms with Crippen LogP contribution in [0.3, 0.4) is 0 Å². The minimum atomic E-state index is -0.947. The topological polar surface area (TPSA) is 66.8 Å². The number of ether oxygens (including phenoxy) is 1. The van der Waals surface area contributed by atoms with Crippen molar-refractivity contribution in [2.24, 2.45) is 0 Å². The van der Waals surface area contributed by atoms with Gasteiger partial charge in [0.05, 0.1) is 0 Å². The van der Waals surface area contributed by atoms with Gasteiger partial charge in [0.25, 0.3) is 5.91 Å². The number of nitrogens with zero attached hydrogens (tertiary/aromatic N) is 1. The van der Waals surface area contributed by atoms with E-state index < -0.39 is 18.1 Å². The second-order valence-corrected chi connectivity index (χ2v) is 4.60. The van der Waals surface area contributed by atoms with Gasteiger partial charge in [-0.1, -0.05) is 18.2 Å². The van der Waals surface area contributed by atoms with Gasteiger partial charge >= 0.3 is 5.97 Å². The molecule has 0 aliphatic carbocycles. The van der Waals surface area contributed by atoms with Crippen LogP contribution in [0.4, 0.5) is 0 Å². The molecule has 5 nitrogen and oxygen atoms in total. The molecule has 1 aliphatic heterocycles. The number of carbonyl (C=O) groups excluding carboxylic acids is 1. The first-order chi connectivity index (χ1) is 9.09. The molecule has 1 N–H and O–H groups in total. The number of carbonyl (C=O) groups is 2. The number of amides is 1. The molecule has 1 amide bonds. The minimum Gasteiger partial charge on any atom is -0.481 e. The summed E-state index contributed by atoms with van der Waals surface area (Å²) >= 11 is 0. The van der Waals surface area contributed by atoms with Crippen LogP contribution < -0.4 is 4.74 Å². The normalized spacial score (nSPS) is 20.1. The Kier molecular flexibility index (Phi) is 4.04. The molecule has 0 aromatic heterocycles. The molecule has 0 bridgehead atoms. The molecule has 0 radical (unpaired) electrons. The Morgan fingerprint density at radius 1 is 1.37 bits per heavy atom. The van der Waals surface area contributed by atoms with E-state index >= 15 is 0 Å². The zero-order valence-electron chi connectivity index (χ0n) is 10.8. The predicted octanol–water partition coefficient (Wildman–Crippen LogP) is 1.53. The van der Waals surface area contributed by atoms with Gasteiger partial charge in [0.1, 0.15) is 11.8 Å². The van der Waals surface area contributed by atoms with E-state index in [1.807, 2.05) is 18.2 Å². The van der Waals surface area contributed by atoms with Gasteiger partial charge in [-0.3, -0.25) is 4.79 Å². The van der Waals surface area contributed by atoms with E-state index in [4.69, 9.17) is 9.84 Å². The summed E-state index contributed by atoms with van der Waals surface area (Å²) in [7, 11) is 0. The number of likely N-dealkylation sites (tertiary alicyclic amines) is 1. The van der Waals surface area contributed by atoms with Crippen molar-refractivity contribution in [2.45, 2.75) is 31.9 Å². The summed E-state index contributed by atoms with van der Waals surface area (Å²) in [4.78, 5) is 24.7. The molecule has 2 rings (SSSR count). The fraction of sp³-hybridized carbons (Fsp3) is 0.429. The van der Waals surface area contributed by atoms with Crippen LogP contribution in [0.25, 0.3) is 0 Å². The Labute approximate surface area is 111 Å². The fourth-order valence-corrected chi connectivity index (χ4v) is 2.27. The molecule has 1 aromatic carbocycles. The molecular formula is C14H17NO4. The van der Waals surface area contributed by atoms with Crippen molar-refractivity contribution < 1.29 is 19.4 Å². The van der Waals surface area contributed by atoms with Gasteiger partial charge in [-0.05, 0) is 31.9 Å². The number of carboxylic acids is 1. The zero-order chi connectivity index (χ0) is 13.8.